The third-order valence-electron chi connectivity index (χ3n) is 2.35. The highest BCUT2D eigenvalue weighted by atomic mass is 16.3. The summed E-state index contributed by atoms with van der Waals surface area (Å²) >= 11 is 0. The molecule has 0 saturated heterocycles. The molecule has 0 fully saturated rings. The number of hydrogen-bond donors (Lipinski definition) is 2. The third-order valence-corrected chi connectivity index (χ3v) is 2.35. The van der Waals surface area contributed by atoms with Gasteiger partial charge in [-0.2, -0.15) is 0 Å². The number of hydrogen-bond acceptors (Lipinski definition) is 3. The van der Waals surface area contributed by atoms with E-state index in [2.05, 4.69) is 0 Å². The Balaban J connectivity index is 2.18. The molecule has 2 atom stereocenters. The Kier molecular flexibility index (Phi) is 2.85. The first-order chi connectivity index (χ1) is 7.29. The van der Waals surface area contributed by atoms with Gasteiger partial charge in [0.05, 0.1) is 12.3 Å². The highest BCUT2D eigenvalue weighted by molar-refractivity contribution is 5.21. The van der Waals surface area contributed by atoms with Crippen LogP contribution in [-0.2, 0) is 0 Å². The smallest absolute Gasteiger partial charge is 0.123 e. The Bertz CT molecular complexity index is 397. The number of benzene rings is 1. The van der Waals surface area contributed by atoms with Crippen molar-refractivity contribution in [1.29, 1.82) is 0 Å². The van der Waals surface area contributed by atoms with Gasteiger partial charge in [-0.15, -0.1) is 0 Å². The summed E-state index contributed by atoms with van der Waals surface area (Å²) < 4.78 is 5.15. The molecule has 0 aliphatic rings. The molecule has 0 aliphatic carbocycles. The van der Waals surface area contributed by atoms with Crippen LogP contribution in [0.3, 0.4) is 0 Å². The van der Waals surface area contributed by atoms with Crippen LogP contribution in [0.1, 0.15) is 23.5 Å². The lowest BCUT2D eigenvalue weighted by Gasteiger charge is -2.16. The lowest BCUT2D eigenvalue weighted by Crippen LogP contribution is -2.18. The first-order valence-corrected chi connectivity index (χ1v) is 4.81. The van der Waals surface area contributed by atoms with Crippen molar-refractivity contribution < 1.29 is 9.52 Å². The largest absolute Gasteiger partial charge is 0.468 e. The van der Waals surface area contributed by atoms with Crippen LogP contribution in [0.25, 0.3) is 0 Å². The van der Waals surface area contributed by atoms with Gasteiger partial charge in [0.1, 0.15) is 11.9 Å². The average molecular weight is 203 g/mol. The van der Waals surface area contributed by atoms with Gasteiger partial charge in [-0.25, -0.2) is 0 Å². The summed E-state index contributed by atoms with van der Waals surface area (Å²) in [6.07, 6.45) is 0.810. The maximum atomic E-state index is 9.98. The van der Waals surface area contributed by atoms with Gasteiger partial charge in [-0.05, 0) is 17.7 Å². The quantitative estimate of drug-likeness (QED) is 0.802. The molecule has 15 heavy (non-hydrogen) atoms. The van der Waals surface area contributed by atoms with Crippen molar-refractivity contribution in [2.75, 3.05) is 0 Å². The maximum absolute atomic E-state index is 9.98. The molecule has 1 aromatic heterocycles. The van der Waals surface area contributed by atoms with E-state index in [9.17, 15) is 5.11 Å². The van der Waals surface area contributed by atoms with E-state index in [1.54, 1.807) is 18.4 Å². The normalized spacial score (nSPS) is 14.8. The summed E-state index contributed by atoms with van der Waals surface area (Å²) in [6, 6.07) is 12.3. The van der Waals surface area contributed by atoms with E-state index in [0.717, 1.165) is 5.56 Å². The molecule has 0 amide bonds. The zero-order valence-corrected chi connectivity index (χ0v) is 8.21. The van der Waals surface area contributed by atoms with Crippen molar-refractivity contribution in [2.24, 2.45) is 5.73 Å². The molecule has 0 aliphatic heterocycles. The van der Waals surface area contributed by atoms with Crippen molar-refractivity contribution in [3.63, 3.8) is 0 Å². The van der Waals surface area contributed by atoms with Gasteiger partial charge in [0.15, 0.2) is 0 Å². The summed E-state index contributed by atoms with van der Waals surface area (Å²) in [6.45, 7) is 0. The fourth-order valence-electron chi connectivity index (χ4n) is 1.49. The van der Waals surface area contributed by atoms with Crippen molar-refractivity contribution in [1.82, 2.24) is 0 Å². The predicted molar refractivity (Wildman–Crippen MR) is 57.0 cm³/mol. The molecule has 3 heteroatoms. The Labute approximate surface area is 88.1 Å². The lowest BCUT2D eigenvalue weighted by molar-refractivity contribution is 0.136. The highest BCUT2D eigenvalue weighted by Crippen LogP contribution is 2.26. The number of rotatable bonds is 3. The topological polar surface area (TPSA) is 59.4 Å². The van der Waals surface area contributed by atoms with E-state index < -0.39 is 12.1 Å². The zero-order chi connectivity index (χ0) is 10.7. The van der Waals surface area contributed by atoms with E-state index in [4.69, 9.17) is 10.2 Å². The standard InChI is InChI=1S/C12H13NO2/c13-11(10-7-4-8-15-10)12(14)9-5-2-1-3-6-9/h1-8,11-12,14H,13H2/t11-,12+/m1/s1. The monoisotopic (exact) mass is 203 g/mol. The SMILES string of the molecule is N[C@H](c1ccco1)[C@@H](O)c1ccccc1. The van der Waals surface area contributed by atoms with E-state index in [1.807, 2.05) is 30.3 Å². The van der Waals surface area contributed by atoms with Crippen LogP contribution >= 0.6 is 0 Å². The van der Waals surface area contributed by atoms with Gasteiger partial charge in [-0.3, -0.25) is 0 Å². The van der Waals surface area contributed by atoms with Crippen LogP contribution in [0.15, 0.2) is 53.1 Å². The molecular formula is C12H13NO2. The number of aliphatic hydroxyl groups is 1. The van der Waals surface area contributed by atoms with Crippen LogP contribution < -0.4 is 5.73 Å². The second kappa shape index (κ2) is 4.29. The molecule has 0 unspecified atom stereocenters. The average Bonchev–Trinajstić information content (AvgIpc) is 2.82. The summed E-state index contributed by atoms with van der Waals surface area (Å²) in [7, 11) is 0. The van der Waals surface area contributed by atoms with Crippen LogP contribution in [0.4, 0.5) is 0 Å². The number of nitrogens with two attached hydrogens (primary N) is 1. The molecule has 2 aromatic rings. The predicted octanol–water partition coefficient (Wildman–Crippen LogP) is 2.01. The molecule has 0 saturated carbocycles. The van der Waals surface area contributed by atoms with Crippen molar-refractivity contribution in [3.8, 4) is 0 Å². The van der Waals surface area contributed by atoms with Crippen LogP contribution in [0.5, 0.6) is 0 Å². The van der Waals surface area contributed by atoms with Crippen LogP contribution in [0, 0.1) is 0 Å². The number of furan rings is 1. The molecule has 1 heterocycles. The summed E-state index contributed by atoms with van der Waals surface area (Å²) in [5, 5.41) is 9.98. The highest BCUT2D eigenvalue weighted by Gasteiger charge is 2.20. The molecule has 2 rings (SSSR count). The summed E-state index contributed by atoms with van der Waals surface area (Å²) in [4.78, 5) is 0. The molecular weight excluding hydrogens is 190 g/mol. The molecule has 3 nitrogen and oxygen atoms in total. The van der Waals surface area contributed by atoms with E-state index in [-0.39, 0.29) is 0 Å². The fraction of sp³-hybridized carbons (Fsp3) is 0.167. The minimum Gasteiger partial charge on any atom is -0.468 e. The summed E-state index contributed by atoms with van der Waals surface area (Å²) in [5.74, 6) is 0.589. The second-order valence-electron chi connectivity index (χ2n) is 3.40. The van der Waals surface area contributed by atoms with Gasteiger partial charge < -0.3 is 15.3 Å². The fourth-order valence-corrected chi connectivity index (χ4v) is 1.49. The molecule has 1 aromatic carbocycles. The minimum absolute atomic E-state index is 0.526. The van der Waals surface area contributed by atoms with Gasteiger partial charge in [0.25, 0.3) is 0 Å². The van der Waals surface area contributed by atoms with Gasteiger partial charge in [0.2, 0.25) is 0 Å². The first kappa shape index (κ1) is 9.96. The van der Waals surface area contributed by atoms with E-state index in [0.29, 0.717) is 5.76 Å². The lowest BCUT2D eigenvalue weighted by atomic mass is 10.0. The van der Waals surface area contributed by atoms with Crippen molar-refractivity contribution >= 4 is 0 Å². The van der Waals surface area contributed by atoms with E-state index >= 15 is 0 Å². The van der Waals surface area contributed by atoms with Crippen molar-refractivity contribution in [3.05, 3.63) is 60.1 Å². The van der Waals surface area contributed by atoms with Gasteiger partial charge in [0, 0.05) is 0 Å². The minimum atomic E-state index is -0.739. The van der Waals surface area contributed by atoms with Crippen LogP contribution in [0.2, 0.25) is 0 Å². The Morgan fingerprint density at radius 2 is 1.80 bits per heavy atom. The first-order valence-electron chi connectivity index (χ1n) is 4.81. The molecule has 0 spiro atoms. The van der Waals surface area contributed by atoms with E-state index in [1.165, 1.54) is 0 Å². The number of aliphatic hydroxyl groups excluding tert-OH is 1. The van der Waals surface area contributed by atoms with Gasteiger partial charge >= 0.3 is 0 Å². The Morgan fingerprint density at radius 1 is 1.07 bits per heavy atom. The second-order valence-corrected chi connectivity index (χ2v) is 3.40. The molecule has 0 bridgehead atoms. The zero-order valence-electron chi connectivity index (χ0n) is 8.21. The third kappa shape index (κ3) is 2.09. The van der Waals surface area contributed by atoms with Crippen LogP contribution in [-0.4, -0.2) is 5.11 Å². The maximum Gasteiger partial charge on any atom is 0.123 e. The van der Waals surface area contributed by atoms with Crippen molar-refractivity contribution in [2.45, 2.75) is 12.1 Å². The molecule has 0 radical (unpaired) electrons. The molecule has 3 N–H and O–H groups in total. The van der Waals surface area contributed by atoms with Gasteiger partial charge in [-0.1, -0.05) is 30.3 Å². The Morgan fingerprint density at radius 3 is 2.40 bits per heavy atom. The Hall–Kier alpha value is -1.58. The summed E-state index contributed by atoms with van der Waals surface area (Å²) in [5.41, 5.74) is 6.66. The molecule has 78 valence electrons.